The van der Waals surface area contributed by atoms with E-state index >= 15 is 0 Å². The number of nitrogens with one attached hydrogen (secondary N) is 1. The summed E-state index contributed by atoms with van der Waals surface area (Å²) in [5.41, 5.74) is 4.12. The van der Waals surface area contributed by atoms with Crippen LogP contribution < -0.4 is 5.32 Å². The molecule has 2 N–H and O–H groups in total. The maximum absolute atomic E-state index is 13.3. The van der Waals surface area contributed by atoms with E-state index in [2.05, 4.69) is 35.2 Å². The van der Waals surface area contributed by atoms with Gasteiger partial charge in [-0.25, -0.2) is 9.97 Å². The Balaban J connectivity index is 1.29. The number of aliphatic carboxylic acids is 1. The van der Waals surface area contributed by atoms with Crippen LogP contribution in [-0.4, -0.2) is 56.9 Å². The van der Waals surface area contributed by atoms with Gasteiger partial charge in [0, 0.05) is 47.9 Å². The molecule has 3 aromatic rings. The van der Waals surface area contributed by atoms with Crippen molar-refractivity contribution in [3.63, 3.8) is 0 Å². The summed E-state index contributed by atoms with van der Waals surface area (Å²) in [5, 5.41) is 12.1. The number of amides is 2. The summed E-state index contributed by atoms with van der Waals surface area (Å²) >= 11 is 1.42. The fourth-order valence-electron chi connectivity index (χ4n) is 5.02. The van der Waals surface area contributed by atoms with Gasteiger partial charge in [0.15, 0.2) is 5.82 Å². The molecule has 1 atom stereocenters. The van der Waals surface area contributed by atoms with E-state index in [0.29, 0.717) is 16.6 Å². The molecule has 1 saturated heterocycles. The molecule has 9 heteroatoms. The number of likely N-dealkylation sites (tertiary alicyclic amines) is 1. The Labute approximate surface area is 238 Å². The first-order valence-corrected chi connectivity index (χ1v) is 14.6. The van der Waals surface area contributed by atoms with E-state index in [1.165, 1.54) is 34.7 Å². The summed E-state index contributed by atoms with van der Waals surface area (Å²) in [7, 11) is 0. The summed E-state index contributed by atoms with van der Waals surface area (Å²) in [6.07, 6.45) is 10.9. The number of benzene rings is 1. The van der Waals surface area contributed by atoms with Gasteiger partial charge in [0.1, 0.15) is 6.04 Å². The van der Waals surface area contributed by atoms with Crippen LogP contribution in [0.1, 0.15) is 71.1 Å². The third-order valence-electron chi connectivity index (χ3n) is 7.53. The Morgan fingerprint density at radius 3 is 2.35 bits per heavy atom. The molecule has 0 bridgehead atoms. The third-order valence-corrected chi connectivity index (χ3v) is 8.92. The number of carbonyl (C=O) groups excluding carboxylic acids is 2. The van der Waals surface area contributed by atoms with Gasteiger partial charge in [-0.2, -0.15) is 0 Å². The topological polar surface area (TPSA) is 112 Å². The first-order valence-electron chi connectivity index (χ1n) is 13.8. The van der Waals surface area contributed by atoms with Crippen LogP contribution in [0.25, 0.3) is 17.0 Å². The zero-order chi connectivity index (χ0) is 28.2. The summed E-state index contributed by atoms with van der Waals surface area (Å²) in [6, 6.07) is 10.6. The predicted molar refractivity (Wildman–Crippen MR) is 155 cm³/mol. The number of aromatic nitrogens is 2. The van der Waals surface area contributed by atoms with Gasteiger partial charge in [-0.3, -0.25) is 14.4 Å². The molecular weight excluding hydrogens is 524 g/mol. The van der Waals surface area contributed by atoms with Crippen molar-refractivity contribution in [1.82, 2.24) is 20.2 Å². The van der Waals surface area contributed by atoms with Crippen LogP contribution in [0.4, 0.5) is 0 Å². The monoisotopic (exact) mass is 558 g/mol. The molecule has 1 unspecified atom stereocenters. The van der Waals surface area contributed by atoms with E-state index in [0.717, 1.165) is 34.4 Å². The van der Waals surface area contributed by atoms with Crippen LogP contribution in [-0.2, 0) is 16.0 Å². The average Bonchev–Trinajstić information content (AvgIpc) is 3.44. The third kappa shape index (κ3) is 6.31. The summed E-state index contributed by atoms with van der Waals surface area (Å²) in [4.78, 5) is 50.0. The second kappa shape index (κ2) is 12.1. The summed E-state index contributed by atoms with van der Waals surface area (Å²) in [5.74, 6) is -1.11. The molecule has 2 aliphatic rings. The highest BCUT2D eigenvalue weighted by Gasteiger charge is 2.39. The van der Waals surface area contributed by atoms with Gasteiger partial charge in [0.2, 0.25) is 5.91 Å². The number of rotatable bonds is 9. The van der Waals surface area contributed by atoms with Crippen molar-refractivity contribution >= 4 is 34.7 Å². The number of hydrogen-bond donors (Lipinski definition) is 2. The normalized spacial score (nSPS) is 16.3. The van der Waals surface area contributed by atoms with Gasteiger partial charge in [0.05, 0.1) is 10.8 Å². The summed E-state index contributed by atoms with van der Waals surface area (Å²) in [6.45, 7) is 4.44. The van der Waals surface area contributed by atoms with Crippen LogP contribution in [0.5, 0.6) is 0 Å². The quantitative estimate of drug-likeness (QED) is 0.375. The number of carboxylic acids is 1. The van der Waals surface area contributed by atoms with Gasteiger partial charge in [0.25, 0.3) is 5.91 Å². The van der Waals surface area contributed by atoms with Crippen molar-refractivity contribution in [2.75, 3.05) is 13.1 Å². The van der Waals surface area contributed by atoms with E-state index in [9.17, 15) is 19.5 Å². The maximum Gasteiger partial charge on any atom is 0.310 e. The van der Waals surface area contributed by atoms with Crippen molar-refractivity contribution in [2.24, 2.45) is 5.92 Å². The van der Waals surface area contributed by atoms with Crippen LogP contribution >= 0.6 is 11.3 Å². The van der Waals surface area contributed by atoms with E-state index < -0.39 is 17.9 Å². The summed E-state index contributed by atoms with van der Waals surface area (Å²) < 4.78 is 0. The second-order valence-corrected chi connectivity index (χ2v) is 11.9. The van der Waals surface area contributed by atoms with E-state index in [1.54, 1.807) is 6.07 Å². The zero-order valence-corrected chi connectivity index (χ0v) is 23.6. The van der Waals surface area contributed by atoms with Gasteiger partial charge in [-0.15, -0.1) is 11.3 Å². The Hall–Kier alpha value is -3.85. The number of carbonyl (C=O) groups is 3. The van der Waals surface area contributed by atoms with Crippen LogP contribution in [0, 0.1) is 5.92 Å². The molecule has 1 aliphatic heterocycles. The van der Waals surface area contributed by atoms with E-state index in [4.69, 9.17) is 0 Å². The molecule has 2 aromatic heterocycles. The van der Waals surface area contributed by atoms with E-state index in [1.807, 2.05) is 42.7 Å². The minimum Gasteiger partial charge on any atom is -0.481 e. The highest BCUT2D eigenvalue weighted by Crippen LogP contribution is 2.27. The Bertz CT molecular complexity index is 1410. The number of carboxylic acid groups (broad SMARTS) is 1. The van der Waals surface area contributed by atoms with Crippen LogP contribution in [0.15, 0.2) is 54.9 Å². The molecule has 0 spiro atoms. The average molecular weight is 559 g/mol. The van der Waals surface area contributed by atoms with Crippen molar-refractivity contribution in [3.8, 4) is 11.4 Å². The molecule has 40 heavy (non-hydrogen) atoms. The first kappa shape index (κ1) is 27.7. The highest BCUT2D eigenvalue weighted by atomic mass is 32.1. The van der Waals surface area contributed by atoms with E-state index in [-0.39, 0.29) is 31.3 Å². The number of nitrogens with zero attached hydrogens (tertiary/aromatic N) is 3. The Morgan fingerprint density at radius 2 is 1.75 bits per heavy atom. The molecule has 0 saturated carbocycles. The molecule has 1 aromatic carbocycles. The molecule has 5 rings (SSSR count). The lowest BCUT2D eigenvalue weighted by atomic mass is 9.95. The SMILES string of the molecule is CC(C)c1ccc(C(=O)NC(Cc2ccc(-c3ncc(C4=CCCCC4)cn3)cc2)C(=O)N2CC(C(=O)O)C2)s1. The van der Waals surface area contributed by atoms with Crippen molar-refractivity contribution in [2.45, 2.75) is 57.9 Å². The fourth-order valence-corrected chi connectivity index (χ4v) is 5.93. The molecule has 3 heterocycles. The van der Waals surface area contributed by atoms with Crippen molar-refractivity contribution in [1.29, 1.82) is 0 Å². The Kier molecular flexibility index (Phi) is 8.40. The van der Waals surface area contributed by atoms with Gasteiger partial charge in [-0.1, -0.05) is 44.2 Å². The molecule has 2 amide bonds. The molecule has 208 valence electrons. The number of allylic oxidation sites excluding steroid dienone is 2. The van der Waals surface area contributed by atoms with Gasteiger partial charge in [-0.05, 0) is 54.9 Å². The predicted octanol–water partition coefficient (Wildman–Crippen LogP) is 5.17. The molecular formula is C31H34N4O4S. The number of thiophene rings is 1. The molecule has 0 radical (unpaired) electrons. The Morgan fingerprint density at radius 1 is 1.02 bits per heavy atom. The van der Waals surface area contributed by atoms with Crippen molar-refractivity contribution in [3.05, 3.63) is 75.7 Å². The van der Waals surface area contributed by atoms with Crippen LogP contribution in [0.3, 0.4) is 0 Å². The lowest BCUT2D eigenvalue weighted by Crippen LogP contribution is -2.59. The standard InChI is InChI=1S/C31H34N4O4S/c1-19(2)26-12-13-27(40-26)29(36)34-25(30(37)35-17-24(18-35)31(38)39)14-20-8-10-22(11-9-20)28-32-15-23(16-33-28)21-6-4-3-5-7-21/h6,8-13,15-16,19,24-25H,3-5,7,14,17-18H2,1-2H3,(H,34,36)(H,38,39). The maximum atomic E-state index is 13.3. The van der Waals surface area contributed by atoms with Gasteiger partial charge >= 0.3 is 5.97 Å². The highest BCUT2D eigenvalue weighted by molar-refractivity contribution is 7.14. The minimum atomic E-state index is -0.911. The largest absolute Gasteiger partial charge is 0.481 e. The lowest BCUT2D eigenvalue weighted by Gasteiger charge is -2.38. The smallest absolute Gasteiger partial charge is 0.310 e. The zero-order valence-electron chi connectivity index (χ0n) is 22.8. The van der Waals surface area contributed by atoms with Crippen molar-refractivity contribution < 1.29 is 19.5 Å². The molecule has 8 nitrogen and oxygen atoms in total. The van der Waals surface area contributed by atoms with Crippen LogP contribution in [0.2, 0.25) is 0 Å². The number of hydrogen-bond acceptors (Lipinski definition) is 6. The minimum absolute atomic E-state index is 0.153. The fraction of sp³-hybridized carbons (Fsp3) is 0.387. The van der Waals surface area contributed by atoms with Gasteiger partial charge < -0.3 is 15.3 Å². The molecule has 1 fully saturated rings. The lowest BCUT2D eigenvalue weighted by molar-refractivity contribution is -0.153. The second-order valence-electron chi connectivity index (χ2n) is 10.8. The molecule has 1 aliphatic carbocycles. The first-order chi connectivity index (χ1) is 19.3.